The topological polar surface area (TPSA) is 73.6 Å². The molecule has 0 aliphatic carbocycles. The second-order valence-corrected chi connectivity index (χ2v) is 7.84. The van der Waals surface area contributed by atoms with Gasteiger partial charge < -0.3 is 9.15 Å². The molecule has 0 fully saturated rings. The number of rotatable bonds is 3. The largest absolute Gasteiger partial charge is 0.494 e. The van der Waals surface area contributed by atoms with E-state index in [4.69, 9.17) is 31.4 Å². The zero-order chi connectivity index (χ0) is 17.5. The molecule has 2 aromatic carbocycles. The van der Waals surface area contributed by atoms with Crippen LogP contribution in [-0.2, 0) is 9.05 Å². The Bertz CT molecular complexity index is 1100. The summed E-state index contributed by atoms with van der Waals surface area (Å²) in [5.41, 5.74) is 0.416. The third-order valence-corrected chi connectivity index (χ3v) is 5.00. The minimum Gasteiger partial charge on any atom is -0.494 e. The molecule has 8 heteroatoms. The van der Waals surface area contributed by atoms with Crippen molar-refractivity contribution in [1.29, 1.82) is 0 Å². The number of methoxy groups -OCH3 is 1. The van der Waals surface area contributed by atoms with E-state index in [2.05, 4.69) is 0 Å². The van der Waals surface area contributed by atoms with Gasteiger partial charge in [-0.25, -0.2) is 8.42 Å². The van der Waals surface area contributed by atoms with Gasteiger partial charge in [0.15, 0.2) is 11.2 Å². The molecule has 0 saturated heterocycles. The highest BCUT2D eigenvalue weighted by Gasteiger charge is 2.22. The molecule has 5 nitrogen and oxygen atoms in total. The zero-order valence-electron chi connectivity index (χ0n) is 12.2. The molecule has 0 radical (unpaired) electrons. The summed E-state index contributed by atoms with van der Waals surface area (Å²) < 4.78 is 34.2. The Morgan fingerprint density at radius 2 is 1.83 bits per heavy atom. The summed E-state index contributed by atoms with van der Waals surface area (Å²) >= 11 is 6.08. The van der Waals surface area contributed by atoms with E-state index >= 15 is 0 Å². The van der Waals surface area contributed by atoms with Crippen molar-refractivity contribution in [3.05, 3.63) is 57.7 Å². The molecule has 0 atom stereocenters. The van der Waals surface area contributed by atoms with Crippen LogP contribution in [0.15, 0.2) is 56.6 Å². The van der Waals surface area contributed by atoms with E-state index in [1.165, 1.54) is 25.3 Å². The van der Waals surface area contributed by atoms with Gasteiger partial charge in [0, 0.05) is 22.3 Å². The van der Waals surface area contributed by atoms with E-state index < -0.39 is 9.05 Å². The number of hydrogen-bond acceptors (Lipinski definition) is 5. The average molecular weight is 385 g/mol. The molecule has 24 heavy (non-hydrogen) atoms. The molecular weight excluding hydrogens is 375 g/mol. The van der Waals surface area contributed by atoms with Crippen molar-refractivity contribution in [2.45, 2.75) is 4.90 Å². The van der Waals surface area contributed by atoms with Crippen molar-refractivity contribution < 1.29 is 17.6 Å². The van der Waals surface area contributed by atoms with Crippen molar-refractivity contribution in [1.82, 2.24) is 0 Å². The van der Waals surface area contributed by atoms with Crippen molar-refractivity contribution in [2.75, 3.05) is 7.11 Å². The Balaban J connectivity index is 2.31. The highest BCUT2D eigenvalue weighted by atomic mass is 35.7. The van der Waals surface area contributed by atoms with Crippen molar-refractivity contribution in [3.8, 4) is 17.1 Å². The van der Waals surface area contributed by atoms with Gasteiger partial charge in [-0.05, 0) is 24.3 Å². The summed E-state index contributed by atoms with van der Waals surface area (Å²) in [6, 6.07) is 10.7. The Hall–Kier alpha value is -2.02. The van der Waals surface area contributed by atoms with Gasteiger partial charge in [-0.15, -0.1) is 0 Å². The predicted octanol–water partition coefficient (Wildman–Crippen LogP) is 4.05. The monoisotopic (exact) mass is 384 g/mol. The fourth-order valence-corrected chi connectivity index (χ4v) is 3.71. The Morgan fingerprint density at radius 3 is 2.50 bits per heavy atom. The molecule has 0 amide bonds. The molecule has 0 aliphatic rings. The normalized spacial score (nSPS) is 11.6. The Kier molecular flexibility index (Phi) is 4.29. The van der Waals surface area contributed by atoms with E-state index in [-0.39, 0.29) is 26.9 Å². The maximum absolute atomic E-state index is 12.2. The van der Waals surface area contributed by atoms with Crippen LogP contribution < -0.4 is 10.2 Å². The third kappa shape index (κ3) is 3.00. The van der Waals surface area contributed by atoms with Crippen LogP contribution in [-0.4, -0.2) is 15.5 Å². The SMILES string of the molecule is COc1c(Cl)cc(-c2cc(=O)c3ccccc3o2)cc1S(=O)(=O)Cl. The van der Waals surface area contributed by atoms with Crippen molar-refractivity contribution >= 4 is 42.3 Å². The standard InChI is InChI=1S/C16H10Cl2O5S/c1-22-16-11(17)6-9(7-15(16)24(18,20)21)14-8-12(19)10-4-2-3-5-13(10)23-14/h2-8H,1H3. The lowest BCUT2D eigenvalue weighted by Crippen LogP contribution is -2.01. The highest BCUT2D eigenvalue weighted by Crippen LogP contribution is 2.38. The molecule has 0 unspecified atom stereocenters. The molecule has 0 bridgehead atoms. The van der Waals surface area contributed by atoms with E-state index in [0.717, 1.165) is 0 Å². The first-order chi connectivity index (χ1) is 11.3. The highest BCUT2D eigenvalue weighted by molar-refractivity contribution is 8.13. The van der Waals surface area contributed by atoms with Gasteiger partial charge in [0.2, 0.25) is 0 Å². The van der Waals surface area contributed by atoms with Gasteiger partial charge in [0.25, 0.3) is 9.05 Å². The number of ether oxygens (including phenoxy) is 1. The summed E-state index contributed by atoms with van der Waals surface area (Å²) in [6.07, 6.45) is 0. The van der Waals surface area contributed by atoms with Crippen LogP contribution in [0.3, 0.4) is 0 Å². The van der Waals surface area contributed by atoms with Gasteiger partial charge in [-0.1, -0.05) is 23.7 Å². The number of benzene rings is 2. The van der Waals surface area contributed by atoms with E-state index in [1.54, 1.807) is 24.3 Å². The minimum atomic E-state index is -4.11. The van der Waals surface area contributed by atoms with Crippen LogP contribution in [0.2, 0.25) is 5.02 Å². The lowest BCUT2D eigenvalue weighted by molar-refractivity contribution is 0.403. The van der Waals surface area contributed by atoms with Crippen LogP contribution in [0.25, 0.3) is 22.3 Å². The first-order valence-corrected chi connectivity index (χ1v) is 9.35. The molecule has 1 aromatic heterocycles. The average Bonchev–Trinajstić information content (AvgIpc) is 2.53. The van der Waals surface area contributed by atoms with Crippen LogP contribution in [0.5, 0.6) is 5.75 Å². The van der Waals surface area contributed by atoms with Crippen molar-refractivity contribution in [3.63, 3.8) is 0 Å². The molecule has 0 spiro atoms. The number of hydrogen-bond donors (Lipinski definition) is 0. The van der Waals surface area contributed by atoms with Gasteiger partial charge >= 0.3 is 0 Å². The molecule has 3 aromatic rings. The first kappa shape index (κ1) is 16.8. The Labute approximate surface area is 146 Å². The summed E-state index contributed by atoms with van der Waals surface area (Å²) in [7, 11) is 2.61. The minimum absolute atomic E-state index is 0.0324. The lowest BCUT2D eigenvalue weighted by atomic mass is 10.1. The molecular formula is C16H10Cl2O5S. The quantitative estimate of drug-likeness (QED) is 0.636. The smallest absolute Gasteiger partial charge is 0.265 e. The van der Waals surface area contributed by atoms with Gasteiger partial charge in [0.05, 0.1) is 17.5 Å². The zero-order valence-corrected chi connectivity index (χ0v) is 14.6. The van der Waals surface area contributed by atoms with Crippen LogP contribution in [0.4, 0.5) is 0 Å². The summed E-state index contributed by atoms with van der Waals surface area (Å²) in [4.78, 5) is 11.9. The number of fused-ring (bicyclic) bond motifs is 1. The van der Waals surface area contributed by atoms with Crippen LogP contribution in [0, 0.1) is 0 Å². The van der Waals surface area contributed by atoms with Crippen molar-refractivity contribution in [2.24, 2.45) is 0 Å². The van der Waals surface area contributed by atoms with Crippen LogP contribution >= 0.6 is 22.3 Å². The van der Waals surface area contributed by atoms with Gasteiger partial charge in [-0.2, -0.15) is 0 Å². The number of para-hydroxylation sites is 1. The Morgan fingerprint density at radius 1 is 1.12 bits per heavy atom. The van der Waals surface area contributed by atoms with Gasteiger partial charge in [-0.3, -0.25) is 4.79 Å². The predicted molar refractivity (Wildman–Crippen MR) is 92.5 cm³/mol. The van der Waals surface area contributed by atoms with E-state index in [9.17, 15) is 13.2 Å². The summed E-state index contributed by atoms with van der Waals surface area (Å²) in [5.74, 6) is 0.100. The second-order valence-electron chi connectivity index (χ2n) is 4.90. The molecule has 0 aliphatic heterocycles. The maximum atomic E-state index is 12.2. The van der Waals surface area contributed by atoms with E-state index in [0.29, 0.717) is 16.5 Å². The summed E-state index contributed by atoms with van der Waals surface area (Å²) in [6.45, 7) is 0. The molecule has 0 saturated carbocycles. The lowest BCUT2D eigenvalue weighted by Gasteiger charge is -2.11. The molecule has 0 N–H and O–H groups in total. The van der Waals surface area contributed by atoms with Gasteiger partial charge in [0.1, 0.15) is 16.2 Å². The summed E-state index contributed by atoms with van der Waals surface area (Å²) in [5, 5.41) is 0.455. The molecule has 1 heterocycles. The maximum Gasteiger partial charge on any atom is 0.265 e. The fraction of sp³-hybridized carbons (Fsp3) is 0.0625. The molecule has 124 valence electrons. The third-order valence-electron chi connectivity index (χ3n) is 3.40. The second kappa shape index (κ2) is 6.12. The number of halogens is 2. The molecule has 3 rings (SSSR count). The fourth-order valence-electron chi connectivity index (χ4n) is 2.34. The van der Waals surface area contributed by atoms with Crippen LogP contribution in [0.1, 0.15) is 0 Å². The van der Waals surface area contributed by atoms with E-state index in [1.807, 2.05) is 0 Å². The first-order valence-electron chi connectivity index (χ1n) is 6.66.